The van der Waals surface area contributed by atoms with Gasteiger partial charge in [-0.25, -0.2) is 0 Å². The lowest BCUT2D eigenvalue weighted by Gasteiger charge is -2.33. The standard InChI is InChI=1S/C19H26N2O/c1-16-7-4-5-11-21(16)15-18-9-3-2-8-17(18)13-20-14-19-10-6-12-22-19/h2-3,6,8-10,12,16,20H,4-5,7,11,13-15H2,1H3. The molecule has 1 atom stereocenters. The number of furan rings is 1. The van der Waals surface area contributed by atoms with Crippen LogP contribution in [-0.2, 0) is 19.6 Å². The Kier molecular flexibility index (Phi) is 5.30. The van der Waals surface area contributed by atoms with E-state index in [4.69, 9.17) is 4.42 Å². The maximum Gasteiger partial charge on any atom is 0.117 e. The third-order valence-corrected chi connectivity index (χ3v) is 4.63. The van der Waals surface area contributed by atoms with E-state index in [1.807, 2.05) is 12.1 Å². The molecule has 1 fully saturated rings. The first-order valence-electron chi connectivity index (χ1n) is 8.37. The normalized spacial score (nSPS) is 19.4. The molecule has 3 nitrogen and oxygen atoms in total. The summed E-state index contributed by atoms with van der Waals surface area (Å²) in [5.41, 5.74) is 2.84. The Hall–Kier alpha value is -1.58. The molecule has 0 aliphatic carbocycles. The number of hydrogen-bond acceptors (Lipinski definition) is 3. The number of likely N-dealkylation sites (tertiary alicyclic amines) is 1. The second kappa shape index (κ2) is 7.61. The van der Waals surface area contributed by atoms with Crippen molar-refractivity contribution in [3.63, 3.8) is 0 Å². The van der Waals surface area contributed by atoms with Crippen LogP contribution >= 0.6 is 0 Å². The van der Waals surface area contributed by atoms with Crippen molar-refractivity contribution < 1.29 is 4.42 Å². The Balaban J connectivity index is 1.59. The summed E-state index contributed by atoms with van der Waals surface area (Å²) in [5, 5.41) is 3.48. The summed E-state index contributed by atoms with van der Waals surface area (Å²) < 4.78 is 5.37. The van der Waals surface area contributed by atoms with Gasteiger partial charge in [-0.15, -0.1) is 0 Å². The van der Waals surface area contributed by atoms with Gasteiger partial charge in [0.05, 0.1) is 12.8 Å². The molecule has 0 saturated carbocycles. The largest absolute Gasteiger partial charge is 0.468 e. The molecular formula is C19H26N2O. The first kappa shape index (κ1) is 15.3. The van der Waals surface area contributed by atoms with Crippen LogP contribution in [0.25, 0.3) is 0 Å². The van der Waals surface area contributed by atoms with E-state index in [0.29, 0.717) is 6.04 Å². The van der Waals surface area contributed by atoms with Gasteiger partial charge in [0.1, 0.15) is 5.76 Å². The molecule has 0 radical (unpaired) electrons. The van der Waals surface area contributed by atoms with Crippen LogP contribution in [0.1, 0.15) is 43.1 Å². The fourth-order valence-corrected chi connectivity index (χ4v) is 3.23. The zero-order valence-corrected chi connectivity index (χ0v) is 13.4. The molecule has 1 aliphatic rings. The molecule has 0 spiro atoms. The molecule has 1 saturated heterocycles. The Morgan fingerprint density at radius 3 is 2.73 bits per heavy atom. The van der Waals surface area contributed by atoms with Crippen molar-refractivity contribution in [1.29, 1.82) is 0 Å². The minimum Gasteiger partial charge on any atom is -0.468 e. The number of nitrogens with zero attached hydrogens (tertiary/aromatic N) is 1. The van der Waals surface area contributed by atoms with E-state index >= 15 is 0 Å². The summed E-state index contributed by atoms with van der Waals surface area (Å²) in [4.78, 5) is 2.62. The number of nitrogens with one attached hydrogen (secondary N) is 1. The Morgan fingerprint density at radius 2 is 1.95 bits per heavy atom. The molecule has 0 amide bonds. The molecular weight excluding hydrogens is 272 g/mol. The number of piperidine rings is 1. The van der Waals surface area contributed by atoms with E-state index in [1.165, 1.54) is 36.9 Å². The van der Waals surface area contributed by atoms with Crippen LogP contribution < -0.4 is 5.32 Å². The molecule has 1 aliphatic heterocycles. The summed E-state index contributed by atoms with van der Waals surface area (Å²) in [6.45, 7) is 6.33. The molecule has 22 heavy (non-hydrogen) atoms. The van der Waals surface area contributed by atoms with Crippen molar-refractivity contribution in [3.05, 3.63) is 59.5 Å². The zero-order chi connectivity index (χ0) is 15.2. The summed E-state index contributed by atoms with van der Waals surface area (Å²) in [7, 11) is 0. The molecule has 2 heterocycles. The lowest BCUT2D eigenvalue weighted by atomic mass is 10.0. The fourth-order valence-electron chi connectivity index (χ4n) is 3.23. The van der Waals surface area contributed by atoms with Crippen LogP contribution in [0.3, 0.4) is 0 Å². The van der Waals surface area contributed by atoms with Crippen molar-refractivity contribution in [2.24, 2.45) is 0 Å². The van der Waals surface area contributed by atoms with Crippen molar-refractivity contribution in [2.75, 3.05) is 6.54 Å². The predicted octanol–water partition coefficient (Wildman–Crippen LogP) is 3.94. The Labute approximate surface area is 133 Å². The van der Waals surface area contributed by atoms with Crippen molar-refractivity contribution in [3.8, 4) is 0 Å². The van der Waals surface area contributed by atoms with Crippen LogP contribution in [-0.4, -0.2) is 17.5 Å². The SMILES string of the molecule is CC1CCCCN1Cc1ccccc1CNCc1ccco1. The molecule has 3 heteroatoms. The summed E-state index contributed by atoms with van der Waals surface area (Å²) in [5.74, 6) is 0.988. The van der Waals surface area contributed by atoms with Gasteiger partial charge in [0.2, 0.25) is 0 Å². The molecule has 0 bridgehead atoms. The van der Waals surface area contributed by atoms with Gasteiger partial charge in [-0.1, -0.05) is 30.7 Å². The number of benzene rings is 1. The topological polar surface area (TPSA) is 28.4 Å². The highest BCUT2D eigenvalue weighted by Gasteiger charge is 2.18. The summed E-state index contributed by atoms with van der Waals surface area (Å²) in [6.07, 6.45) is 5.77. The maximum absolute atomic E-state index is 5.37. The zero-order valence-electron chi connectivity index (χ0n) is 13.4. The highest BCUT2D eigenvalue weighted by molar-refractivity contribution is 5.27. The molecule has 118 valence electrons. The van der Waals surface area contributed by atoms with Crippen molar-refractivity contribution in [2.45, 2.75) is 51.9 Å². The van der Waals surface area contributed by atoms with Gasteiger partial charge in [-0.05, 0) is 49.6 Å². The maximum atomic E-state index is 5.37. The third-order valence-electron chi connectivity index (χ3n) is 4.63. The predicted molar refractivity (Wildman–Crippen MR) is 89.4 cm³/mol. The van der Waals surface area contributed by atoms with Crippen molar-refractivity contribution >= 4 is 0 Å². The van der Waals surface area contributed by atoms with Crippen LogP contribution in [0, 0.1) is 0 Å². The van der Waals surface area contributed by atoms with Gasteiger partial charge in [-0.2, -0.15) is 0 Å². The van der Waals surface area contributed by atoms with Gasteiger partial charge < -0.3 is 9.73 Å². The lowest BCUT2D eigenvalue weighted by Crippen LogP contribution is -2.37. The first-order valence-corrected chi connectivity index (χ1v) is 8.37. The summed E-state index contributed by atoms with van der Waals surface area (Å²) in [6, 6.07) is 13.4. The quantitative estimate of drug-likeness (QED) is 0.875. The van der Waals surface area contributed by atoms with E-state index in [1.54, 1.807) is 6.26 Å². The van der Waals surface area contributed by atoms with E-state index in [2.05, 4.69) is 41.4 Å². The van der Waals surface area contributed by atoms with E-state index < -0.39 is 0 Å². The van der Waals surface area contributed by atoms with Crippen LogP contribution in [0.2, 0.25) is 0 Å². The smallest absolute Gasteiger partial charge is 0.117 e. The number of rotatable bonds is 6. The molecule has 1 unspecified atom stereocenters. The van der Waals surface area contributed by atoms with Gasteiger partial charge in [0.25, 0.3) is 0 Å². The second-order valence-electron chi connectivity index (χ2n) is 6.27. The van der Waals surface area contributed by atoms with E-state index in [-0.39, 0.29) is 0 Å². The van der Waals surface area contributed by atoms with Gasteiger partial charge in [0.15, 0.2) is 0 Å². The second-order valence-corrected chi connectivity index (χ2v) is 6.27. The van der Waals surface area contributed by atoms with Gasteiger partial charge in [-0.3, -0.25) is 4.90 Å². The average molecular weight is 298 g/mol. The van der Waals surface area contributed by atoms with E-state index in [0.717, 1.165) is 25.4 Å². The minimum atomic E-state index is 0.706. The third kappa shape index (κ3) is 3.99. The molecule has 1 N–H and O–H groups in total. The Bertz CT molecular complexity index is 565. The molecule has 1 aromatic carbocycles. The van der Waals surface area contributed by atoms with Crippen LogP contribution in [0.4, 0.5) is 0 Å². The number of hydrogen-bond donors (Lipinski definition) is 1. The monoisotopic (exact) mass is 298 g/mol. The van der Waals surface area contributed by atoms with Gasteiger partial charge in [0, 0.05) is 19.1 Å². The van der Waals surface area contributed by atoms with Crippen LogP contribution in [0.5, 0.6) is 0 Å². The van der Waals surface area contributed by atoms with Gasteiger partial charge >= 0.3 is 0 Å². The van der Waals surface area contributed by atoms with Crippen LogP contribution in [0.15, 0.2) is 47.1 Å². The van der Waals surface area contributed by atoms with E-state index in [9.17, 15) is 0 Å². The lowest BCUT2D eigenvalue weighted by molar-refractivity contribution is 0.152. The molecule has 1 aromatic heterocycles. The molecule has 3 rings (SSSR count). The highest BCUT2D eigenvalue weighted by atomic mass is 16.3. The van der Waals surface area contributed by atoms with Crippen molar-refractivity contribution in [1.82, 2.24) is 10.2 Å². The fraction of sp³-hybridized carbons (Fsp3) is 0.474. The molecule has 2 aromatic rings. The highest BCUT2D eigenvalue weighted by Crippen LogP contribution is 2.20. The minimum absolute atomic E-state index is 0.706. The summed E-state index contributed by atoms with van der Waals surface area (Å²) >= 11 is 0. The average Bonchev–Trinajstić information content (AvgIpc) is 3.04. The Morgan fingerprint density at radius 1 is 1.09 bits per heavy atom. The first-order chi connectivity index (χ1) is 10.8.